The van der Waals surface area contributed by atoms with Gasteiger partial charge in [-0.3, -0.25) is 0 Å². The van der Waals surface area contributed by atoms with Gasteiger partial charge >= 0.3 is 0 Å². The summed E-state index contributed by atoms with van der Waals surface area (Å²) >= 11 is 1.78. The van der Waals surface area contributed by atoms with E-state index in [9.17, 15) is 4.39 Å². The van der Waals surface area contributed by atoms with E-state index in [-0.39, 0.29) is 12.4 Å². The smallest absolute Gasteiger partial charge is 0.128 e. The predicted molar refractivity (Wildman–Crippen MR) is 79.7 cm³/mol. The van der Waals surface area contributed by atoms with Gasteiger partial charge in [0.15, 0.2) is 0 Å². The summed E-state index contributed by atoms with van der Waals surface area (Å²) < 4.78 is 13.9. The van der Waals surface area contributed by atoms with Crippen LogP contribution in [0.25, 0.3) is 0 Å². The summed E-state index contributed by atoms with van der Waals surface area (Å²) in [5, 5.41) is 8.63. The molecule has 0 radical (unpaired) electrons. The van der Waals surface area contributed by atoms with Gasteiger partial charge in [0.1, 0.15) is 5.82 Å². The SMILES string of the molecule is CSCCN(C)Cc1ccc(C#CCCO)cc1F. The van der Waals surface area contributed by atoms with Gasteiger partial charge in [0.2, 0.25) is 0 Å². The molecule has 1 aromatic carbocycles. The van der Waals surface area contributed by atoms with Gasteiger partial charge in [0, 0.05) is 36.4 Å². The molecule has 0 saturated carbocycles. The molecule has 1 N–H and O–H groups in total. The van der Waals surface area contributed by atoms with Gasteiger partial charge in [0.05, 0.1) is 6.61 Å². The highest BCUT2D eigenvalue weighted by molar-refractivity contribution is 7.98. The lowest BCUT2D eigenvalue weighted by Gasteiger charge is -2.16. The number of aliphatic hydroxyl groups is 1. The first-order valence-electron chi connectivity index (χ1n) is 6.23. The van der Waals surface area contributed by atoms with Crippen LogP contribution in [0.1, 0.15) is 17.5 Å². The van der Waals surface area contributed by atoms with Crippen LogP contribution in [0.15, 0.2) is 18.2 Å². The number of halogens is 1. The third-order valence-corrected chi connectivity index (χ3v) is 3.23. The molecule has 1 aromatic rings. The third kappa shape index (κ3) is 6.11. The van der Waals surface area contributed by atoms with E-state index < -0.39 is 0 Å². The van der Waals surface area contributed by atoms with Gasteiger partial charge in [-0.1, -0.05) is 17.9 Å². The molecule has 104 valence electrons. The molecule has 0 unspecified atom stereocenters. The maximum Gasteiger partial charge on any atom is 0.128 e. The standard InChI is InChI=1S/C15H20FNOS/c1-17(8-10-19-2)12-14-7-6-13(11-15(14)16)5-3-4-9-18/h6-7,11,18H,4,8-10,12H2,1-2H3. The average molecular weight is 281 g/mol. The molecular weight excluding hydrogens is 261 g/mol. The Hall–Kier alpha value is -1.02. The van der Waals surface area contributed by atoms with Crippen LogP contribution < -0.4 is 0 Å². The topological polar surface area (TPSA) is 23.5 Å². The van der Waals surface area contributed by atoms with Gasteiger partial charge in [-0.05, 0) is 25.4 Å². The minimum Gasteiger partial charge on any atom is -0.395 e. The fraction of sp³-hybridized carbons (Fsp3) is 0.467. The van der Waals surface area contributed by atoms with Crippen molar-refractivity contribution in [3.63, 3.8) is 0 Å². The summed E-state index contributed by atoms with van der Waals surface area (Å²) in [5.74, 6) is 6.45. The summed E-state index contributed by atoms with van der Waals surface area (Å²) in [6, 6.07) is 5.07. The first-order valence-corrected chi connectivity index (χ1v) is 7.62. The van der Waals surface area contributed by atoms with Crippen LogP contribution in [0.4, 0.5) is 4.39 Å². The molecule has 0 aliphatic rings. The Balaban J connectivity index is 2.64. The molecule has 0 fully saturated rings. The van der Waals surface area contributed by atoms with E-state index in [0.717, 1.165) is 12.3 Å². The molecule has 1 rings (SSSR count). The van der Waals surface area contributed by atoms with Crippen LogP contribution in [0.2, 0.25) is 0 Å². The highest BCUT2D eigenvalue weighted by Gasteiger charge is 2.06. The van der Waals surface area contributed by atoms with E-state index >= 15 is 0 Å². The highest BCUT2D eigenvalue weighted by Crippen LogP contribution is 2.12. The zero-order chi connectivity index (χ0) is 14.1. The minimum absolute atomic E-state index is 0.0355. The Labute approximate surface area is 119 Å². The molecule has 0 saturated heterocycles. The van der Waals surface area contributed by atoms with Crippen molar-refractivity contribution in [1.82, 2.24) is 4.90 Å². The number of rotatable bonds is 6. The lowest BCUT2D eigenvalue weighted by molar-refractivity contribution is 0.305. The van der Waals surface area contributed by atoms with Gasteiger partial charge < -0.3 is 10.0 Å². The van der Waals surface area contributed by atoms with Crippen molar-refractivity contribution in [2.45, 2.75) is 13.0 Å². The van der Waals surface area contributed by atoms with Crippen molar-refractivity contribution in [2.75, 3.05) is 32.2 Å². The van der Waals surface area contributed by atoms with Crippen molar-refractivity contribution < 1.29 is 9.50 Å². The molecule has 19 heavy (non-hydrogen) atoms. The number of hydrogen-bond acceptors (Lipinski definition) is 3. The summed E-state index contributed by atoms with van der Waals surface area (Å²) in [7, 11) is 1.99. The van der Waals surface area contributed by atoms with Crippen molar-refractivity contribution >= 4 is 11.8 Å². The number of aliphatic hydroxyl groups excluding tert-OH is 1. The Kier molecular flexibility index (Phi) is 7.57. The fourth-order valence-electron chi connectivity index (χ4n) is 1.59. The number of benzene rings is 1. The van der Waals surface area contributed by atoms with Crippen LogP contribution in [-0.2, 0) is 6.54 Å². The van der Waals surface area contributed by atoms with Gasteiger partial charge in [-0.25, -0.2) is 4.39 Å². The Morgan fingerprint density at radius 3 is 2.84 bits per heavy atom. The molecule has 0 amide bonds. The highest BCUT2D eigenvalue weighted by atomic mass is 32.2. The largest absolute Gasteiger partial charge is 0.395 e. The second-order valence-electron chi connectivity index (χ2n) is 4.31. The zero-order valence-corrected chi connectivity index (χ0v) is 12.3. The lowest BCUT2D eigenvalue weighted by atomic mass is 10.1. The van der Waals surface area contributed by atoms with E-state index in [1.54, 1.807) is 17.8 Å². The van der Waals surface area contributed by atoms with Crippen molar-refractivity contribution in [3.05, 3.63) is 35.1 Å². The molecule has 2 nitrogen and oxygen atoms in total. The quantitative estimate of drug-likeness (QED) is 0.810. The minimum atomic E-state index is -0.216. The van der Waals surface area contributed by atoms with Crippen molar-refractivity contribution in [2.24, 2.45) is 0 Å². The maximum atomic E-state index is 13.9. The van der Waals surface area contributed by atoms with E-state index in [1.165, 1.54) is 6.07 Å². The molecule has 0 atom stereocenters. The number of thioether (sulfide) groups is 1. The second-order valence-corrected chi connectivity index (χ2v) is 5.30. The van der Waals surface area contributed by atoms with Gasteiger partial charge in [-0.15, -0.1) is 0 Å². The average Bonchev–Trinajstić information content (AvgIpc) is 2.40. The molecule has 0 spiro atoms. The zero-order valence-electron chi connectivity index (χ0n) is 11.4. The van der Waals surface area contributed by atoms with Crippen LogP contribution in [0.3, 0.4) is 0 Å². The van der Waals surface area contributed by atoms with Gasteiger partial charge in [-0.2, -0.15) is 11.8 Å². The molecule has 4 heteroatoms. The normalized spacial score (nSPS) is 10.4. The van der Waals surface area contributed by atoms with Crippen LogP contribution in [-0.4, -0.2) is 42.2 Å². The first kappa shape index (κ1) is 16.0. The maximum absolute atomic E-state index is 13.9. The molecule has 0 bridgehead atoms. The number of hydrogen-bond donors (Lipinski definition) is 1. The Bertz CT molecular complexity index is 453. The van der Waals surface area contributed by atoms with E-state index in [4.69, 9.17) is 5.11 Å². The molecule has 0 heterocycles. The predicted octanol–water partition coefficient (Wildman–Crippen LogP) is 2.35. The molecule has 0 aromatic heterocycles. The summed E-state index contributed by atoms with van der Waals surface area (Å²) in [4.78, 5) is 2.10. The van der Waals surface area contributed by atoms with Gasteiger partial charge in [0.25, 0.3) is 0 Å². The molecule has 0 aliphatic heterocycles. The second kappa shape index (κ2) is 8.98. The summed E-state index contributed by atoms with van der Waals surface area (Å²) in [6.07, 6.45) is 2.48. The molecular formula is C15H20FNOS. The summed E-state index contributed by atoms with van der Waals surface area (Å²) in [5.41, 5.74) is 1.35. The number of nitrogens with zero attached hydrogens (tertiary/aromatic N) is 1. The van der Waals surface area contributed by atoms with Crippen LogP contribution in [0, 0.1) is 17.7 Å². The van der Waals surface area contributed by atoms with E-state index in [1.807, 2.05) is 13.1 Å². The molecule has 0 aliphatic carbocycles. The fourth-order valence-corrected chi connectivity index (χ4v) is 2.08. The lowest BCUT2D eigenvalue weighted by Crippen LogP contribution is -2.21. The third-order valence-electron chi connectivity index (χ3n) is 2.64. The Morgan fingerprint density at radius 2 is 2.21 bits per heavy atom. The van der Waals surface area contributed by atoms with Crippen molar-refractivity contribution in [3.8, 4) is 11.8 Å². The Morgan fingerprint density at radius 1 is 1.42 bits per heavy atom. The van der Waals surface area contributed by atoms with Crippen molar-refractivity contribution in [1.29, 1.82) is 0 Å². The van der Waals surface area contributed by atoms with E-state index in [2.05, 4.69) is 23.0 Å². The first-order chi connectivity index (χ1) is 9.17. The van der Waals surface area contributed by atoms with Crippen LogP contribution in [0.5, 0.6) is 0 Å². The van der Waals surface area contributed by atoms with Crippen LogP contribution >= 0.6 is 11.8 Å². The van der Waals surface area contributed by atoms with E-state index in [0.29, 0.717) is 24.1 Å². The monoisotopic (exact) mass is 281 g/mol. The summed E-state index contributed by atoms with van der Waals surface area (Å²) in [6.45, 7) is 1.59.